The Morgan fingerprint density at radius 1 is 1.00 bits per heavy atom. The summed E-state index contributed by atoms with van der Waals surface area (Å²) in [6, 6.07) is 18.5. The molecule has 0 aliphatic carbocycles. The summed E-state index contributed by atoms with van der Waals surface area (Å²) in [4.78, 5) is 14.4. The van der Waals surface area contributed by atoms with Gasteiger partial charge in [-0.15, -0.1) is 0 Å². The fraction of sp³-hybridized carbons (Fsp3) is 0.278. The Labute approximate surface area is 120 Å². The SMILES string of the molecule is Cc1cccc(N2C(=O)C(C)(C)C2c2ccccc2)c1. The van der Waals surface area contributed by atoms with Crippen LogP contribution in [0.1, 0.15) is 31.0 Å². The summed E-state index contributed by atoms with van der Waals surface area (Å²) in [5.41, 5.74) is 3.01. The molecular formula is C18H19NO. The molecule has 102 valence electrons. The molecule has 0 radical (unpaired) electrons. The van der Waals surface area contributed by atoms with Gasteiger partial charge in [0, 0.05) is 5.69 Å². The Morgan fingerprint density at radius 3 is 2.35 bits per heavy atom. The Bertz CT molecular complexity index is 645. The quantitative estimate of drug-likeness (QED) is 0.748. The second kappa shape index (κ2) is 4.48. The molecule has 0 N–H and O–H groups in total. The van der Waals surface area contributed by atoms with Crippen LogP contribution in [0.25, 0.3) is 0 Å². The van der Waals surface area contributed by atoms with Gasteiger partial charge in [-0.2, -0.15) is 0 Å². The Morgan fingerprint density at radius 2 is 1.70 bits per heavy atom. The summed E-state index contributed by atoms with van der Waals surface area (Å²) in [6.45, 7) is 6.11. The molecule has 0 bridgehead atoms. The van der Waals surface area contributed by atoms with E-state index in [0.717, 1.165) is 5.69 Å². The van der Waals surface area contributed by atoms with Crippen LogP contribution in [0.15, 0.2) is 54.6 Å². The van der Waals surface area contributed by atoms with Crippen LogP contribution >= 0.6 is 0 Å². The van der Waals surface area contributed by atoms with Gasteiger partial charge in [0.05, 0.1) is 11.5 Å². The lowest BCUT2D eigenvalue weighted by atomic mass is 9.70. The van der Waals surface area contributed by atoms with E-state index in [1.807, 2.05) is 49.1 Å². The zero-order valence-electron chi connectivity index (χ0n) is 12.1. The lowest BCUT2D eigenvalue weighted by molar-refractivity contribution is -0.137. The molecule has 0 spiro atoms. The lowest BCUT2D eigenvalue weighted by Gasteiger charge is -2.53. The van der Waals surface area contributed by atoms with E-state index >= 15 is 0 Å². The third kappa shape index (κ3) is 1.83. The van der Waals surface area contributed by atoms with Crippen LogP contribution in [0.2, 0.25) is 0 Å². The number of benzene rings is 2. The van der Waals surface area contributed by atoms with Crippen LogP contribution in [0.3, 0.4) is 0 Å². The van der Waals surface area contributed by atoms with E-state index in [-0.39, 0.29) is 17.4 Å². The highest BCUT2D eigenvalue weighted by molar-refractivity contribution is 6.05. The van der Waals surface area contributed by atoms with Gasteiger partial charge in [-0.25, -0.2) is 0 Å². The first-order valence-electron chi connectivity index (χ1n) is 6.97. The average Bonchev–Trinajstić information content (AvgIpc) is 2.44. The maximum Gasteiger partial charge on any atom is 0.235 e. The lowest BCUT2D eigenvalue weighted by Crippen LogP contribution is -2.61. The molecule has 1 aliphatic heterocycles. The van der Waals surface area contributed by atoms with Crippen molar-refractivity contribution in [2.75, 3.05) is 4.90 Å². The maximum atomic E-state index is 12.5. The van der Waals surface area contributed by atoms with E-state index in [4.69, 9.17) is 0 Å². The van der Waals surface area contributed by atoms with Gasteiger partial charge in [0.1, 0.15) is 0 Å². The molecule has 1 aliphatic rings. The minimum absolute atomic E-state index is 0.109. The summed E-state index contributed by atoms with van der Waals surface area (Å²) in [5.74, 6) is 0.192. The predicted molar refractivity (Wildman–Crippen MR) is 81.6 cm³/mol. The second-order valence-corrected chi connectivity index (χ2v) is 6.05. The highest BCUT2D eigenvalue weighted by atomic mass is 16.2. The van der Waals surface area contributed by atoms with Crippen LogP contribution in [0.5, 0.6) is 0 Å². The molecule has 20 heavy (non-hydrogen) atoms. The van der Waals surface area contributed by atoms with Gasteiger partial charge in [-0.05, 0) is 44.0 Å². The van der Waals surface area contributed by atoms with Gasteiger partial charge in [-0.3, -0.25) is 4.79 Å². The molecule has 2 aromatic carbocycles. The first kappa shape index (κ1) is 12.9. The third-order valence-electron chi connectivity index (χ3n) is 4.11. The van der Waals surface area contributed by atoms with Crippen molar-refractivity contribution < 1.29 is 4.79 Å². The first-order valence-corrected chi connectivity index (χ1v) is 6.97. The molecule has 2 nitrogen and oxygen atoms in total. The molecule has 1 amide bonds. The third-order valence-corrected chi connectivity index (χ3v) is 4.11. The van der Waals surface area contributed by atoms with Crippen molar-refractivity contribution in [1.82, 2.24) is 0 Å². The number of nitrogens with zero attached hydrogens (tertiary/aromatic N) is 1. The van der Waals surface area contributed by atoms with Crippen molar-refractivity contribution >= 4 is 11.6 Å². The topological polar surface area (TPSA) is 20.3 Å². The number of hydrogen-bond acceptors (Lipinski definition) is 1. The van der Waals surface area contributed by atoms with Crippen molar-refractivity contribution in [2.45, 2.75) is 26.8 Å². The first-order chi connectivity index (χ1) is 9.51. The molecular weight excluding hydrogens is 246 g/mol. The van der Waals surface area contributed by atoms with Crippen molar-refractivity contribution in [1.29, 1.82) is 0 Å². The van der Waals surface area contributed by atoms with Gasteiger partial charge in [0.15, 0.2) is 0 Å². The van der Waals surface area contributed by atoms with E-state index in [0.29, 0.717) is 0 Å². The summed E-state index contributed by atoms with van der Waals surface area (Å²) < 4.78 is 0. The number of carbonyl (C=O) groups excluding carboxylic acids is 1. The smallest absolute Gasteiger partial charge is 0.235 e. The summed E-state index contributed by atoms with van der Waals surface area (Å²) in [6.07, 6.45) is 0. The second-order valence-electron chi connectivity index (χ2n) is 6.05. The molecule has 3 rings (SSSR count). The number of amides is 1. The standard InChI is InChI=1S/C18H19NO/c1-13-8-7-11-15(12-13)19-16(18(2,3)17(19)20)14-9-5-4-6-10-14/h4-12,16H,1-3H3. The number of aryl methyl sites for hydroxylation is 1. The van der Waals surface area contributed by atoms with E-state index in [2.05, 4.69) is 31.2 Å². The van der Waals surface area contributed by atoms with Crippen LogP contribution in [0.4, 0.5) is 5.69 Å². The van der Waals surface area contributed by atoms with E-state index in [1.54, 1.807) is 0 Å². The van der Waals surface area contributed by atoms with Gasteiger partial charge in [0.2, 0.25) is 5.91 Å². The van der Waals surface area contributed by atoms with Crippen molar-refractivity contribution in [2.24, 2.45) is 5.41 Å². The number of anilines is 1. The van der Waals surface area contributed by atoms with Crippen molar-refractivity contribution in [3.63, 3.8) is 0 Å². The highest BCUT2D eigenvalue weighted by Crippen LogP contribution is 2.51. The Hall–Kier alpha value is -2.09. The molecule has 1 atom stereocenters. The summed E-state index contributed by atoms with van der Waals surface area (Å²) in [7, 11) is 0. The number of β-lactam (4-membered cyclic amide) rings is 1. The van der Waals surface area contributed by atoms with Crippen molar-refractivity contribution in [3.05, 3.63) is 65.7 Å². The van der Waals surface area contributed by atoms with E-state index in [1.165, 1.54) is 11.1 Å². The molecule has 1 heterocycles. The van der Waals surface area contributed by atoms with Crippen LogP contribution in [-0.2, 0) is 4.79 Å². The molecule has 1 unspecified atom stereocenters. The monoisotopic (exact) mass is 265 g/mol. The largest absolute Gasteiger partial charge is 0.303 e. The number of hydrogen-bond donors (Lipinski definition) is 0. The summed E-state index contributed by atoms with van der Waals surface area (Å²) in [5, 5.41) is 0. The van der Waals surface area contributed by atoms with E-state index in [9.17, 15) is 4.79 Å². The van der Waals surface area contributed by atoms with Crippen LogP contribution < -0.4 is 4.90 Å². The predicted octanol–water partition coefficient (Wildman–Crippen LogP) is 4.11. The number of rotatable bonds is 2. The molecule has 0 aromatic heterocycles. The maximum absolute atomic E-state index is 12.5. The zero-order chi connectivity index (χ0) is 14.3. The van der Waals surface area contributed by atoms with Crippen LogP contribution in [0, 0.1) is 12.3 Å². The summed E-state index contributed by atoms with van der Waals surface area (Å²) >= 11 is 0. The van der Waals surface area contributed by atoms with Gasteiger partial charge >= 0.3 is 0 Å². The fourth-order valence-corrected chi connectivity index (χ4v) is 3.05. The number of carbonyl (C=O) groups is 1. The fourth-order valence-electron chi connectivity index (χ4n) is 3.05. The molecule has 0 saturated carbocycles. The van der Waals surface area contributed by atoms with Crippen molar-refractivity contribution in [3.8, 4) is 0 Å². The molecule has 2 aromatic rings. The Kier molecular flexibility index (Phi) is 2.89. The molecule has 2 heteroatoms. The van der Waals surface area contributed by atoms with E-state index < -0.39 is 0 Å². The normalized spacial score (nSPS) is 20.6. The van der Waals surface area contributed by atoms with Gasteiger partial charge < -0.3 is 4.90 Å². The highest BCUT2D eigenvalue weighted by Gasteiger charge is 2.55. The minimum atomic E-state index is -0.342. The zero-order valence-corrected chi connectivity index (χ0v) is 12.1. The van der Waals surface area contributed by atoms with Crippen LogP contribution in [-0.4, -0.2) is 5.91 Å². The molecule has 1 saturated heterocycles. The average molecular weight is 265 g/mol. The van der Waals surface area contributed by atoms with Gasteiger partial charge in [-0.1, -0.05) is 42.5 Å². The van der Waals surface area contributed by atoms with Gasteiger partial charge in [0.25, 0.3) is 0 Å². The Balaban J connectivity index is 2.04. The molecule has 1 fully saturated rings. The minimum Gasteiger partial charge on any atom is -0.303 e.